The summed E-state index contributed by atoms with van der Waals surface area (Å²) in [6.07, 6.45) is -1.26. The Kier molecular flexibility index (Phi) is 7.56. The van der Waals surface area contributed by atoms with E-state index in [0.29, 0.717) is 48.5 Å². The molecule has 35 heavy (non-hydrogen) atoms. The molecule has 1 aromatic heterocycles. The summed E-state index contributed by atoms with van der Waals surface area (Å²) >= 11 is 0.533. The summed E-state index contributed by atoms with van der Waals surface area (Å²) in [4.78, 5) is 5.10. The molecule has 0 unspecified atom stereocenters. The van der Waals surface area contributed by atoms with Crippen LogP contribution in [0.15, 0.2) is 29.3 Å². The van der Waals surface area contributed by atoms with Crippen LogP contribution in [0, 0.1) is 17.2 Å². The molecule has 2 aromatic rings. The maximum atomic E-state index is 13.3. The summed E-state index contributed by atoms with van der Waals surface area (Å²) in [6, 6.07) is 6.46. The quantitative estimate of drug-likeness (QED) is 0.589. The Balaban J connectivity index is 1.43. The number of hydrogen-bond acceptors (Lipinski definition) is 8. The second-order valence-corrected chi connectivity index (χ2v) is 11.7. The van der Waals surface area contributed by atoms with Gasteiger partial charge in [0.05, 0.1) is 22.3 Å². The van der Waals surface area contributed by atoms with Crippen LogP contribution in [0.25, 0.3) is 0 Å². The Morgan fingerprint density at radius 1 is 1.17 bits per heavy atom. The van der Waals surface area contributed by atoms with Gasteiger partial charge >= 0.3 is 6.18 Å². The number of anilines is 2. The highest BCUT2D eigenvalue weighted by molar-refractivity contribution is 7.89. The molecule has 0 atom stereocenters. The van der Waals surface area contributed by atoms with Gasteiger partial charge in [-0.2, -0.15) is 22.7 Å². The van der Waals surface area contributed by atoms with E-state index >= 15 is 0 Å². The van der Waals surface area contributed by atoms with Crippen molar-refractivity contribution in [1.82, 2.24) is 9.29 Å². The standard InChI is InChI=1S/C22H26F3N5O3S2/c23-22(24,25)20-13-27-21(34-20)28-17-5-9-30(10-6-17)35(32,33)18-2-1-16(12-26)19(11-18)29-7-3-15(14-31)4-8-29/h1-2,11,13,15,17,31H,3-10,14H2,(H,27,28). The molecule has 4 rings (SSSR count). The van der Waals surface area contributed by atoms with Crippen molar-refractivity contribution in [3.63, 3.8) is 0 Å². The molecule has 2 N–H and O–H groups in total. The molecular formula is C22H26F3N5O3S2. The Labute approximate surface area is 206 Å². The first-order valence-corrected chi connectivity index (χ1v) is 13.6. The van der Waals surface area contributed by atoms with E-state index < -0.39 is 21.1 Å². The predicted octanol–water partition coefficient (Wildman–Crippen LogP) is 3.51. The Hall–Kier alpha value is -2.40. The normalized spacial score (nSPS) is 19.0. The van der Waals surface area contributed by atoms with Crippen molar-refractivity contribution in [2.24, 2.45) is 5.92 Å². The number of hydrogen-bond donors (Lipinski definition) is 2. The highest BCUT2D eigenvalue weighted by atomic mass is 32.2. The van der Waals surface area contributed by atoms with Gasteiger partial charge in [-0.05, 0) is 49.8 Å². The fourth-order valence-electron chi connectivity index (χ4n) is 4.42. The van der Waals surface area contributed by atoms with Crippen LogP contribution in [0.5, 0.6) is 0 Å². The number of aliphatic hydroxyl groups excluding tert-OH is 1. The Morgan fingerprint density at radius 2 is 1.86 bits per heavy atom. The Morgan fingerprint density at radius 3 is 2.43 bits per heavy atom. The molecule has 2 saturated heterocycles. The number of aromatic nitrogens is 1. The van der Waals surface area contributed by atoms with Crippen molar-refractivity contribution in [2.75, 3.05) is 43.0 Å². The van der Waals surface area contributed by atoms with Crippen LogP contribution in [0.4, 0.5) is 24.0 Å². The summed E-state index contributed by atoms with van der Waals surface area (Å²) in [7, 11) is -3.81. The highest BCUT2D eigenvalue weighted by Gasteiger charge is 2.34. The van der Waals surface area contributed by atoms with E-state index in [2.05, 4.69) is 16.4 Å². The lowest BCUT2D eigenvalue weighted by Crippen LogP contribution is -2.42. The number of thiazole rings is 1. The van der Waals surface area contributed by atoms with E-state index in [0.717, 1.165) is 19.0 Å². The molecule has 2 aliphatic rings. The van der Waals surface area contributed by atoms with Crippen molar-refractivity contribution in [1.29, 1.82) is 5.26 Å². The van der Waals surface area contributed by atoms with Crippen molar-refractivity contribution < 1.29 is 26.7 Å². The zero-order chi connectivity index (χ0) is 25.2. The summed E-state index contributed by atoms with van der Waals surface area (Å²) in [5, 5.41) is 22.1. The molecule has 2 aliphatic heterocycles. The number of nitrogens with zero attached hydrogens (tertiary/aromatic N) is 4. The first-order chi connectivity index (χ1) is 16.6. The summed E-state index contributed by atoms with van der Waals surface area (Å²) in [5.41, 5.74) is 0.974. The fraction of sp³-hybridized carbons (Fsp3) is 0.545. The van der Waals surface area contributed by atoms with Gasteiger partial charge < -0.3 is 15.3 Å². The SMILES string of the molecule is N#Cc1ccc(S(=O)(=O)N2CCC(Nc3ncc(C(F)(F)F)s3)CC2)cc1N1CCC(CO)CC1. The lowest BCUT2D eigenvalue weighted by atomic mass is 9.97. The van der Waals surface area contributed by atoms with Crippen LogP contribution >= 0.6 is 11.3 Å². The van der Waals surface area contributed by atoms with E-state index in [9.17, 15) is 32.0 Å². The number of nitrogens with one attached hydrogen (secondary N) is 1. The molecule has 190 valence electrons. The largest absolute Gasteiger partial charge is 0.427 e. The number of nitriles is 1. The van der Waals surface area contributed by atoms with Gasteiger partial charge in [-0.3, -0.25) is 0 Å². The zero-order valence-electron chi connectivity index (χ0n) is 18.8. The average molecular weight is 530 g/mol. The van der Waals surface area contributed by atoms with Crippen molar-refractivity contribution in [3.05, 3.63) is 34.8 Å². The first-order valence-electron chi connectivity index (χ1n) is 11.3. The molecular weight excluding hydrogens is 503 g/mol. The van der Waals surface area contributed by atoms with Crippen LogP contribution in [-0.4, -0.2) is 61.6 Å². The zero-order valence-corrected chi connectivity index (χ0v) is 20.5. The van der Waals surface area contributed by atoms with E-state index in [1.165, 1.54) is 16.4 Å². The van der Waals surface area contributed by atoms with Gasteiger partial charge in [0, 0.05) is 38.8 Å². The second kappa shape index (κ2) is 10.3. The van der Waals surface area contributed by atoms with Crippen molar-refractivity contribution in [2.45, 2.75) is 42.8 Å². The minimum absolute atomic E-state index is 0.108. The summed E-state index contributed by atoms with van der Waals surface area (Å²) in [5.74, 6) is 0.211. The second-order valence-electron chi connectivity index (χ2n) is 8.75. The highest BCUT2D eigenvalue weighted by Crippen LogP contribution is 2.36. The van der Waals surface area contributed by atoms with E-state index in [1.54, 1.807) is 6.07 Å². The molecule has 0 aliphatic carbocycles. The minimum atomic E-state index is -4.44. The van der Waals surface area contributed by atoms with Crippen molar-refractivity contribution >= 4 is 32.2 Å². The molecule has 13 heteroatoms. The van der Waals surface area contributed by atoms with Gasteiger partial charge in [0.2, 0.25) is 10.0 Å². The third kappa shape index (κ3) is 5.72. The van der Waals surface area contributed by atoms with Gasteiger partial charge in [-0.1, -0.05) is 11.3 Å². The van der Waals surface area contributed by atoms with Gasteiger partial charge in [-0.15, -0.1) is 0 Å². The van der Waals surface area contributed by atoms with Gasteiger partial charge in [0.25, 0.3) is 0 Å². The number of piperidine rings is 2. The maximum Gasteiger partial charge on any atom is 0.427 e. The Bertz CT molecular complexity index is 1180. The third-order valence-electron chi connectivity index (χ3n) is 6.51. The van der Waals surface area contributed by atoms with Crippen LogP contribution in [0.1, 0.15) is 36.1 Å². The maximum absolute atomic E-state index is 13.3. The fourth-order valence-corrected chi connectivity index (χ4v) is 6.67. The molecule has 2 fully saturated rings. The van der Waals surface area contributed by atoms with E-state index in [4.69, 9.17) is 0 Å². The summed E-state index contributed by atoms with van der Waals surface area (Å²) < 4.78 is 66.4. The first kappa shape index (κ1) is 25.7. The molecule has 8 nitrogen and oxygen atoms in total. The number of benzene rings is 1. The van der Waals surface area contributed by atoms with Crippen LogP contribution in [0.3, 0.4) is 0 Å². The smallest absolute Gasteiger partial charge is 0.396 e. The number of aliphatic hydroxyl groups is 1. The average Bonchev–Trinajstić information content (AvgIpc) is 3.33. The molecule has 0 saturated carbocycles. The van der Waals surface area contributed by atoms with Crippen LogP contribution in [0.2, 0.25) is 0 Å². The predicted molar refractivity (Wildman–Crippen MR) is 126 cm³/mol. The van der Waals surface area contributed by atoms with Crippen LogP contribution < -0.4 is 10.2 Å². The van der Waals surface area contributed by atoms with E-state index in [-0.39, 0.29) is 41.7 Å². The molecule has 3 heterocycles. The monoisotopic (exact) mass is 529 g/mol. The third-order valence-corrected chi connectivity index (χ3v) is 9.38. The number of alkyl halides is 3. The van der Waals surface area contributed by atoms with Crippen LogP contribution in [-0.2, 0) is 16.2 Å². The minimum Gasteiger partial charge on any atom is -0.396 e. The van der Waals surface area contributed by atoms with Gasteiger partial charge in [0.15, 0.2) is 5.13 Å². The topological polar surface area (TPSA) is 110 Å². The lowest BCUT2D eigenvalue weighted by molar-refractivity contribution is -0.134. The molecule has 1 aromatic carbocycles. The van der Waals surface area contributed by atoms with Crippen molar-refractivity contribution in [3.8, 4) is 6.07 Å². The molecule has 0 spiro atoms. The number of sulfonamides is 1. The van der Waals surface area contributed by atoms with E-state index in [1.807, 2.05) is 4.90 Å². The molecule has 0 amide bonds. The lowest BCUT2D eigenvalue weighted by Gasteiger charge is -2.34. The van der Waals surface area contributed by atoms with Gasteiger partial charge in [-0.25, -0.2) is 13.4 Å². The molecule has 0 bridgehead atoms. The van der Waals surface area contributed by atoms with Gasteiger partial charge in [0.1, 0.15) is 10.9 Å². The number of rotatable bonds is 6. The summed E-state index contributed by atoms with van der Waals surface area (Å²) in [6.45, 7) is 1.81. The number of halogens is 3. The molecule has 0 radical (unpaired) electrons.